The molecule has 0 bridgehead atoms. The van der Waals surface area contributed by atoms with Crippen LogP contribution in [0.25, 0.3) is 0 Å². The Kier molecular flexibility index (Phi) is 4.95. The van der Waals surface area contributed by atoms with Crippen LogP contribution < -0.4 is 0 Å². The average molecular weight is 368 g/mol. The lowest BCUT2D eigenvalue weighted by molar-refractivity contribution is -0.141. The summed E-state index contributed by atoms with van der Waals surface area (Å²) in [5, 5.41) is 0. The van der Waals surface area contributed by atoms with Crippen LogP contribution in [0.5, 0.6) is 0 Å². The summed E-state index contributed by atoms with van der Waals surface area (Å²) in [6.07, 6.45) is 8.52. The first-order valence-corrected chi connectivity index (χ1v) is 11.1. The van der Waals surface area contributed by atoms with Crippen molar-refractivity contribution in [3.63, 3.8) is 0 Å². The summed E-state index contributed by atoms with van der Waals surface area (Å²) < 4.78 is 0. The number of hydrogen-bond acceptors (Lipinski definition) is 3. The Hall–Kier alpha value is -1.39. The fraction of sp³-hybridized carbons (Fsp3) is 0.696. The number of nitrogens with zero attached hydrogens (tertiary/aromatic N) is 3. The van der Waals surface area contributed by atoms with E-state index >= 15 is 0 Å². The number of carbonyl (C=O) groups is 1. The second-order valence-corrected chi connectivity index (χ2v) is 9.11. The van der Waals surface area contributed by atoms with Gasteiger partial charge in [0.2, 0.25) is 5.91 Å². The molecule has 3 fully saturated rings. The molecule has 0 aromatic heterocycles. The highest BCUT2D eigenvalue weighted by Crippen LogP contribution is 2.30. The van der Waals surface area contributed by atoms with Crippen molar-refractivity contribution in [1.82, 2.24) is 14.7 Å². The first kappa shape index (κ1) is 17.7. The van der Waals surface area contributed by atoms with E-state index in [1.54, 1.807) is 11.1 Å². The normalized spacial score (nSPS) is 28.1. The number of amides is 1. The van der Waals surface area contributed by atoms with Gasteiger partial charge in [-0.1, -0.05) is 24.3 Å². The smallest absolute Gasteiger partial charge is 0.226 e. The molecule has 4 aliphatic rings. The van der Waals surface area contributed by atoms with E-state index in [1.807, 2.05) is 0 Å². The number of piperidine rings is 2. The molecule has 3 aliphatic heterocycles. The van der Waals surface area contributed by atoms with E-state index in [4.69, 9.17) is 0 Å². The molecule has 3 heterocycles. The van der Waals surface area contributed by atoms with Crippen molar-refractivity contribution in [2.75, 3.05) is 39.3 Å². The third kappa shape index (κ3) is 3.54. The molecule has 3 saturated heterocycles. The highest BCUT2D eigenvalue weighted by Gasteiger charge is 2.36. The summed E-state index contributed by atoms with van der Waals surface area (Å²) in [6.45, 7) is 6.66. The molecule has 1 unspecified atom stereocenters. The predicted molar refractivity (Wildman–Crippen MR) is 108 cm³/mol. The second-order valence-electron chi connectivity index (χ2n) is 9.11. The summed E-state index contributed by atoms with van der Waals surface area (Å²) in [7, 11) is 0. The lowest BCUT2D eigenvalue weighted by Gasteiger charge is -2.44. The van der Waals surface area contributed by atoms with E-state index in [9.17, 15) is 4.79 Å². The van der Waals surface area contributed by atoms with Crippen LogP contribution in [0.2, 0.25) is 0 Å². The van der Waals surface area contributed by atoms with Crippen molar-refractivity contribution in [1.29, 1.82) is 0 Å². The molecule has 0 saturated carbocycles. The first-order chi connectivity index (χ1) is 13.3. The highest BCUT2D eigenvalue weighted by atomic mass is 16.2. The molecule has 0 radical (unpaired) electrons. The van der Waals surface area contributed by atoms with Gasteiger partial charge in [0.1, 0.15) is 0 Å². The summed E-state index contributed by atoms with van der Waals surface area (Å²) in [5.41, 5.74) is 3.13. The van der Waals surface area contributed by atoms with E-state index in [0.717, 1.165) is 26.1 Å². The quantitative estimate of drug-likeness (QED) is 0.822. The molecule has 146 valence electrons. The van der Waals surface area contributed by atoms with Gasteiger partial charge < -0.3 is 4.90 Å². The van der Waals surface area contributed by atoms with Gasteiger partial charge in [0.15, 0.2) is 0 Å². The van der Waals surface area contributed by atoms with Gasteiger partial charge in [-0.3, -0.25) is 14.6 Å². The standard InChI is InChI=1S/C23H33N3O/c27-23(25-11-4-12-25)20-7-3-10-26(17-20)21-8-13-24(14-9-21)22-15-18-5-1-2-6-19(18)16-22/h1-2,5-6,20-22H,3-4,7-17H2. The molecule has 1 aromatic carbocycles. The minimum atomic E-state index is 0.265. The van der Waals surface area contributed by atoms with Crippen LogP contribution in [0.4, 0.5) is 0 Å². The van der Waals surface area contributed by atoms with Crippen LogP contribution in [-0.4, -0.2) is 72.0 Å². The maximum absolute atomic E-state index is 12.6. The summed E-state index contributed by atoms with van der Waals surface area (Å²) >= 11 is 0. The van der Waals surface area contributed by atoms with Crippen LogP contribution >= 0.6 is 0 Å². The molecule has 0 spiro atoms. The van der Waals surface area contributed by atoms with Crippen molar-refractivity contribution < 1.29 is 4.79 Å². The van der Waals surface area contributed by atoms with Gasteiger partial charge >= 0.3 is 0 Å². The van der Waals surface area contributed by atoms with Crippen molar-refractivity contribution in [2.45, 2.75) is 57.0 Å². The van der Waals surface area contributed by atoms with E-state index in [0.29, 0.717) is 18.0 Å². The lowest BCUT2D eigenvalue weighted by Crippen LogP contribution is -2.54. The zero-order chi connectivity index (χ0) is 18.2. The van der Waals surface area contributed by atoms with Crippen molar-refractivity contribution in [3.05, 3.63) is 35.4 Å². The topological polar surface area (TPSA) is 26.8 Å². The Morgan fingerprint density at radius 2 is 1.48 bits per heavy atom. The van der Waals surface area contributed by atoms with Gasteiger partial charge in [0.05, 0.1) is 5.92 Å². The van der Waals surface area contributed by atoms with E-state index in [1.165, 1.54) is 58.2 Å². The highest BCUT2D eigenvalue weighted by molar-refractivity contribution is 5.79. The number of fused-ring (bicyclic) bond motifs is 1. The maximum Gasteiger partial charge on any atom is 0.226 e. The fourth-order valence-corrected chi connectivity index (χ4v) is 5.74. The van der Waals surface area contributed by atoms with Crippen LogP contribution in [0, 0.1) is 5.92 Å². The zero-order valence-electron chi connectivity index (χ0n) is 16.5. The van der Waals surface area contributed by atoms with Crippen LogP contribution in [0.1, 0.15) is 43.2 Å². The predicted octanol–water partition coefficient (Wildman–Crippen LogP) is 2.56. The molecule has 1 aliphatic carbocycles. The molecular weight excluding hydrogens is 334 g/mol. The Morgan fingerprint density at radius 3 is 2.11 bits per heavy atom. The van der Waals surface area contributed by atoms with Crippen LogP contribution in [0.3, 0.4) is 0 Å². The van der Waals surface area contributed by atoms with E-state index in [2.05, 4.69) is 39.0 Å². The zero-order valence-corrected chi connectivity index (χ0v) is 16.5. The van der Waals surface area contributed by atoms with Gasteiger partial charge in [-0.15, -0.1) is 0 Å². The number of carbonyl (C=O) groups excluding carboxylic acids is 1. The molecule has 5 rings (SSSR count). The third-order valence-corrected chi connectivity index (χ3v) is 7.53. The maximum atomic E-state index is 12.6. The number of rotatable bonds is 3. The van der Waals surface area contributed by atoms with Gasteiger partial charge in [0.25, 0.3) is 0 Å². The molecule has 0 N–H and O–H groups in total. The molecule has 1 aromatic rings. The van der Waals surface area contributed by atoms with Gasteiger partial charge in [0, 0.05) is 31.7 Å². The van der Waals surface area contributed by atoms with Crippen molar-refractivity contribution in [2.24, 2.45) is 5.92 Å². The fourth-order valence-electron chi connectivity index (χ4n) is 5.74. The molecule has 1 atom stereocenters. The van der Waals surface area contributed by atoms with Crippen molar-refractivity contribution in [3.8, 4) is 0 Å². The number of benzene rings is 1. The lowest BCUT2D eigenvalue weighted by atomic mass is 9.91. The summed E-state index contributed by atoms with van der Waals surface area (Å²) in [6, 6.07) is 10.4. The minimum Gasteiger partial charge on any atom is -0.342 e. The molecule has 27 heavy (non-hydrogen) atoms. The van der Waals surface area contributed by atoms with E-state index in [-0.39, 0.29) is 5.92 Å². The number of likely N-dealkylation sites (tertiary alicyclic amines) is 3. The molecule has 1 amide bonds. The van der Waals surface area contributed by atoms with Gasteiger partial charge in [-0.25, -0.2) is 0 Å². The third-order valence-electron chi connectivity index (χ3n) is 7.53. The first-order valence-electron chi connectivity index (χ1n) is 11.1. The molecular formula is C23H33N3O. The van der Waals surface area contributed by atoms with Crippen molar-refractivity contribution >= 4 is 5.91 Å². The molecule has 4 heteroatoms. The Balaban J connectivity index is 1.13. The van der Waals surface area contributed by atoms with Crippen LogP contribution in [0.15, 0.2) is 24.3 Å². The van der Waals surface area contributed by atoms with Gasteiger partial charge in [-0.05, 0) is 75.7 Å². The Labute approximate surface area is 163 Å². The Bertz CT molecular complexity index is 653. The van der Waals surface area contributed by atoms with Crippen LogP contribution in [-0.2, 0) is 17.6 Å². The summed E-state index contributed by atoms with van der Waals surface area (Å²) in [5.74, 6) is 0.702. The average Bonchev–Trinajstić information content (AvgIpc) is 3.11. The monoisotopic (exact) mass is 367 g/mol. The van der Waals surface area contributed by atoms with E-state index < -0.39 is 0 Å². The minimum absolute atomic E-state index is 0.265. The Morgan fingerprint density at radius 1 is 0.778 bits per heavy atom. The van der Waals surface area contributed by atoms with Gasteiger partial charge in [-0.2, -0.15) is 0 Å². The summed E-state index contributed by atoms with van der Waals surface area (Å²) in [4.78, 5) is 20.1. The SMILES string of the molecule is O=C(C1CCCN(C2CCN(C3Cc4ccccc4C3)CC2)C1)N1CCC1. The molecule has 4 nitrogen and oxygen atoms in total. The second kappa shape index (κ2) is 7.56. The number of hydrogen-bond donors (Lipinski definition) is 0. The largest absolute Gasteiger partial charge is 0.342 e.